The molecule has 0 spiro atoms. The Morgan fingerprint density at radius 3 is 2.94 bits per heavy atom. The van der Waals surface area contributed by atoms with Crippen LogP contribution in [0.4, 0.5) is 10.5 Å². The maximum absolute atomic E-state index is 12.0. The van der Waals surface area contributed by atoms with Crippen LogP contribution < -0.4 is 5.32 Å². The highest BCUT2D eigenvalue weighted by Crippen LogP contribution is 2.38. The summed E-state index contributed by atoms with van der Waals surface area (Å²) in [5, 5.41) is 4.75. The Kier molecular flexibility index (Phi) is 3.01. The zero-order chi connectivity index (χ0) is 11.7. The van der Waals surface area contributed by atoms with Crippen molar-refractivity contribution in [2.45, 2.75) is 25.7 Å². The molecule has 2 fully saturated rings. The monoisotopic (exact) mass is 251 g/mol. The van der Waals surface area contributed by atoms with Crippen molar-refractivity contribution in [1.82, 2.24) is 9.27 Å². The van der Waals surface area contributed by atoms with Gasteiger partial charge in [0.1, 0.15) is 0 Å². The molecule has 0 aromatic carbocycles. The van der Waals surface area contributed by atoms with Gasteiger partial charge in [0.15, 0.2) is 0 Å². The summed E-state index contributed by atoms with van der Waals surface area (Å²) in [7, 11) is 0. The summed E-state index contributed by atoms with van der Waals surface area (Å²) >= 11 is 1.36. The second-order valence-corrected chi connectivity index (χ2v) is 5.69. The van der Waals surface area contributed by atoms with E-state index in [9.17, 15) is 4.79 Å². The van der Waals surface area contributed by atoms with Gasteiger partial charge in [0.2, 0.25) is 0 Å². The zero-order valence-corrected chi connectivity index (χ0v) is 10.6. The molecule has 2 heterocycles. The molecule has 1 atom stereocenters. The van der Waals surface area contributed by atoms with E-state index in [0.717, 1.165) is 30.6 Å². The van der Waals surface area contributed by atoms with E-state index in [1.54, 1.807) is 6.20 Å². The van der Waals surface area contributed by atoms with Crippen molar-refractivity contribution < 1.29 is 4.79 Å². The molecule has 1 unspecified atom stereocenters. The molecule has 0 radical (unpaired) electrons. The normalized spacial score (nSPS) is 24.7. The predicted octanol–water partition coefficient (Wildman–Crippen LogP) is 2.80. The van der Waals surface area contributed by atoms with Crippen molar-refractivity contribution in [1.29, 1.82) is 0 Å². The van der Waals surface area contributed by atoms with Crippen LogP contribution in [0.1, 0.15) is 25.7 Å². The molecule has 1 saturated heterocycles. The van der Waals surface area contributed by atoms with Gasteiger partial charge >= 0.3 is 6.03 Å². The van der Waals surface area contributed by atoms with Gasteiger partial charge < -0.3 is 10.2 Å². The van der Waals surface area contributed by atoms with Crippen molar-refractivity contribution in [2.75, 3.05) is 18.4 Å². The minimum Gasteiger partial charge on any atom is -0.324 e. The highest BCUT2D eigenvalue weighted by molar-refractivity contribution is 7.04. The molecule has 0 bridgehead atoms. The van der Waals surface area contributed by atoms with Crippen molar-refractivity contribution in [3.05, 3.63) is 11.6 Å². The number of amides is 2. The second-order valence-electron chi connectivity index (χ2n) is 5.03. The zero-order valence-electron chi connectivity index (χ0n) is 9.76. The Labute approximate surface area is 105 Å². The average molecular weight is 251 g/mol. The third-order valence-electron chi connectivity index (χ3n) is 4.01. The first-order valence-corrected chi connectivity index (χ1v) is 7.12. The molecule has 17 heavy (non-hydrogen) atoms. The minimum absolute atomic E-state index is 0.0343. The van der Waals surface area contributed by atoms with E-state index < -0.39 is 0 Å². The van der Waals surface area contributed by atoms with Gasteiger partial charge in [0, 0.05) is 18.5 Å². The third kappa shape index (κ3) is 2.29. The number of anilines is 1. The molecule has 1 aromatic rings. The summed E-state index contributed by atoms with van der Waals surface area (Å²) in [6.45, 7) is 1.85. The van der Waals surface area contributed by atoms with Crippen LogP contribution in [0.5, 0.6) is 0 Å². The molecule has 92 valence electrons. The van der Waals surface area contributed by atoms with Crippen molar-refractivity contribution >= 4 is 23.3 Å². The number of likely N-dealkylation sites (tertiary alicyclic amines) is 1. The summed E-state index contributed by atoms with van der Waals surface area (Å²) < 4.78 is 3.98. The smallest absolute Gasteiger partial charge is 0.321 e. The van der Waals surface area contributed by atoms with E-state index >= 15 is 0 Å². The topological polar surface area (TPSA) is 45.2 Å². The van der Waals surface area contributed by atoms with Crippen LogP contribution in [0, 0.1) is 11.8 Å². The van der Waals surface area contributed by atoms with Gasteiger partial charge in [-0.25, -0.2) is 4.79 Å². The van der Waals surface area contributed by atoms with Crippen LogP contribution >= 0.6 is 11.5 Å². The van der Waals surface area contributed by atoms with Crippen molar-refractivity contribution in [3.8, 4) is 0 Å². The first-order chi connectivity index (χ1) is 8.33. The first-order valence-electron chi connectivity index (χ1n) is 6.28. The highest BCUT2D eigenvalue weighted by atomic mass is 32.1. The van der Waals surface area contributed by atoms with Crippen LogP contribution in [0.15, 0.2) is 11.6 Å². The SMILES string of the molecule is O=C(Nc1cnsc1)N1CCC(C2CCC2)C1. The van der Waals surface area contributed by atoms with E-state index in [0.29, 0.717) is 0 Å². The fraction of sp³-hybridized carbons (Fsp3) is 0.667. The number of carbonyl (C=O) groups excluding carboxylic acids is 1. The lowest BCUT2D eigenvalue weighted by Gasteiger charge is -2.31. The molecule has 1 aromatic heterocycles. The molecule has 2 amide bonds. The molecule has 1 N–H and O–H groups in total. The summed E-state index contributed by atoms with van der Waals surface area (Å²) in [6.07, 6.45) is 7.00. The Morgan fingerprint density at radius 2 is 2.29 bits per heavy atom. The Balaban J connectivity index is 1.53. The number of nitrogens with one attached hydrogen (secondary N) is 1. The van der Waals surface area contributed by atoms with Gasteiger partial charge in [0.05, 0.1) is 11.9 Å². The number of urea groups is 1. The van der Waals surface area contributed by atoms with E-state index in [2.05, 4.69) is 9.69 Å². The Morgan fingerprint density at radius 1 is 1.41 bits per heavy atom. The molecule has 3 rings (SSSR count). The number of carbonyl (C=O) groups is 1. The highest BCUT2D eigenvalue weighted by Gasteiger charge is 2.34. The molecule has 1 aliphatic heterocycles. The number of hydrogen-bond acceptors (Lipinski definition) is 3. The molecular formula is C12H17N3OS. The van der Waals surface area contributed by atoms with Gasteiger partial charge in [-0.15, -0.1) is 0 Å². The third-order valence-corrected chi connectivity index (χ3v) is 4.60. The number of hydrogen-bond donors (Lipinski definition) is 1. The average Bonchev–Trinajstić information content (AvgIpc) is 2.85. The van der Waals surface area contributed by atoms with Gasteiger partial charge in [-0.2, -0.15) is 4.37 Å². The second kappa shape index (κ2) is 4.64. The van der Waals surface area contributed by atoms with E-state index in [1.807, 2.05) is 10.3 Å². The number of rotatable bonds is 2. The van der Waals surface area contributed by atoms with Crippen LogP contribution in [0.3, 0.4) is 0 Å². The molecule has 1 aliphatic carbocycles. The maximum Gasteiger partial charge on any atom is 0.321 e. The van der Waals surface area contributed by atoms with Crippen molar-refractivity contribution in [2.24, 2.45) is 11.8 Å². The minimum atomic E-state index is 0.0343. The number of nitrogens with zero attached hydrogens (tertiary/aromatic N) is 2. The van der Waals surface area contributed by atoms with Crippen molar-refractivity contribution in [3.63, 3.8) is 0 Å². The largest absolute Gasteiger partial charge is 0.324 e. The van der Waals surface area contributed by atoms with Gasteiger partial charge in [-0.05, 0) is 29.8 Å². The Hall–Kier alpha value is -1.10. The lowest BCUT2D eigenvalue weighted by Crippen LogP contribution is -2.34. The Bertz CT molecular complexity index is 388. The molecule has 5 heteroatoms. The molecule has 4 nitrogen and oxygen atoms in total. The summed E-state index contributed by atoms with van der Waals surface area (Å²) in [5.41, 5.74) is 0.812. The van der Waals surface area contributed by atoms with E-state index in [4.69, 9.17) is 0 Å². The predicted molar refractivity (Wildman–Crippen MR) is 68.2 cm³/mol. The number of aromatic nitrogens is 1. The van der Waals surface area contributed by atoms with E-state index in [-0.39, 0.29) is 6.03 Å². The lowest BCUT2D eigenvalue weighted by atomic mass is 9.75. The van der Waals surface area contributed by atoms with Crippen LogP contribution in [-0.4, -0.2) is 28.4 Å². The quantitative estimate of drug-likeness (QED) is 0.878. The lowest BCUT2D eigenvalue weighted by molar-refractivity contribution is 0.196. The summed E-state index contributed by atoms with van der Waals surface area (Å²) in [4.78, 5) is 13.9. The fourth-order valence-electron chi connectivity index (χ4n) is 2.74. The fourth-order valence-corrected chi connectivity index (χ4v) is 3.21. The van der Waals surface area contributed by atoms with Gasteiger partial charge in [-0.3, -0.25) is 0 Å². The van der Waals surface area contributed by atoms with Crippen LogP contribution in [0.25, 0.3) is 0 Å². The molecule has 2 aliphatic rings. The maximum atomic E-state index is 12.0. The van der Waals surface area contributed by atoms with Gasteiger partial charge in [0.25, 0.3) is 0 Å². The molecule has 1 saturated carbocycles. The standard InChI is InChI=1S/C12H17N3OS/c16-12(14-11-6-13-17-8-11)15-5-4-10(7-15)9-2-1-3-9/h6,8-10H,1-5,7H2,(H,14,16). The first kappa shape index (κ1) is 11.0. The summed E-state index contributed by atoms with van der Waals surface area (Å²) in [6, 6.07) is 0.0343. The van der Waals surface area contributed by atoms with Crippen LogP contribution in [0.2, 0.25) is 0 Å². The van der Waals surface area contributed by atoms with Crippen LogP contribution in [-0.2, 0) is 0 Å². The van der Waals surface area contributed by atoms with E-state index in [1.165, 1.54) is 37.2 Å². The summed E-state index contributed by atoms with van der Waals surface area (Å²) in [5.74, 6) is 1.63. The molecular weight excluding hydrogens is 234 g/mol. The van der Waals surface area contributed by atoms with Gasteiger partial charge in [-0.1, -0.05) is 19.3 Å².